The Kier molecular flexibility index (Phi) is 49.6. The van der Waals surface area contributed by atoms with E-state index in [0.717, 1.165) is 109 Å². The Morgan fingerprint density at radius 3 is 1.37 bits per heavy atom. The lowest BCUT2D eigenvalue weighted by Crippen LogP contribution is -2.47. The minimum Gasteiger partial charge on any atom is -0.756 e. The van der Waals surface area contributed by atoms with E-state index >= 15 is 0 Å². The number of carbonyl (C=O) groups is 2. The minimum absolute atomic E-state index is 0.0263. The Balaban J connectivity index is 5.27. The zero-order chi connectivity index (χ0) is 52.2. The molecule has 414 valence electrons. The maximum absolute atomic E-state index is 13.5. The number of amides is 1. The molecule has 0 aliphatic carbocycles. The fraction of sp³-hybridized carbons (Fsp3) is 0.803. The number of nitrogens with zero attached hydrogens (tertiary/aromatic N) is 1. The number of hydrogen-bond acceptors (Lipinski definition) is 7. The third-order valence-corrected chi connectivity index (χ3v) is 13.9. The van der Waals surface area contributed by atoms with Crippen molar-refractivity contribution in [2.45, 2.75) is 277 Å². The van der Waals surface area contributed by atoms with E-state index in [1.807, 2.05) is 33.3 Å². The molecule has 0 aromatic rings. The van der Waals surface area contributed by atoms with Gasteiger partial charge in [-0.05, 0) is 89.5 Å². The van der Waals surface area contributed by atoms with Crippen LogP contribution in [0.15, 0.2) is 60.8 Å². The van der Waals surface area contributed by atoms with Crippen LogP contribution in [0.2, 0.25) is 0 Å². The van der Waals surface area contributed by atoms with Crippen molar-refractivity contribution in [1.29, 1.82) is 0 Å². The number of nitrogens with one attached hydrogen (secondary N) is 1. The summed E-state index contributed by atoms with van der Waals surface area (Å²) in [6.07, 6.45) is 63.2. The van der Waals surface area contributed by atoms with Gasteiger partial charge in [0, 0.05) is 12.8 Å². The van der Waals surface area contributed by atoms with E-state index in [2.05, 4.69) is 74.7 Å². The summed E-state index contributed by atoms with van der Waals surface area (Å²) >= 11 is 0. The molecule has 0 radical (unpaired) electrons. The van der Waals surface area contributed by atoms with E-state index in [1.165, 1.54) is 122 Å². The van der Waals surface area contributed by atoms with Crippen LogP contribution in [0.1, 0.15) is 265 Å². The highest BCUT2D eigenvalue weighted by Gasteiger charge is 2.27. The van der Waals surface area contributed by atoms with Crippen molar-refractivity contribution in [3.8, 4) is 0 Å². The highest BCUT2D eigenvalue weighted by molar-refractivity contribution is 7.45. The molecule has 1 amide bonds. The lowest BCUT2D eigenvalue weighted by molar-refractivity contribution is -0.870. The molecule has 0 aliphatic rings. The van der Waals surface area contributed by atoms with Gasteiger partial charge in [0.25, 0.3) is 7.82 Å². The van der Waals surface area contributed by atoms with Crippen LogP contribution in [0.5, 0.6) is 0 Å². The smallest absolute Gasteiger partial charge is 0.306 e. The summed E-state index contributed by atoms with van der Waals surface area (Å²) < 4.78 is 30.2. The summed E-state index contributed by atoms with van der Waals surface area (Å²) in [6.45, 7) is 6.77. The molecule has 0 saturated carbocycles. The van der Waals surface area contributed by atoms with Gasteiger partial charge in [-0.3, -0.25) is 14.2 Å². The Labute approximate surface area is 439 Å². The molecule has 0 bridgehead atoms. The van der Waals surface area contributed by atoms with Crippen molar-refractivity contribution in [3.63, 3.8) is 0 Å². The third kappa shape index (κ3) is 52.4. The molecule has 0 saturated heterocycles. The second kappa shape index (κ2) is 51.2. The molecule has 0 fully saturated rings. The first kappa shape index (κ1) is 68.7. The number of quaternary nitrogens is 1. The maximum atomic E-state index is 13.5. The molecule has 10 heteroatoms. The minimum atomic E-state index is -4.70. The van der Waals surface area contributed by atoms with Crippen molar-refractivity contribution in [2.75, 3.05) is 40.9 Å². The van der Waals surface area contributed by atoms with Gasteiger partial charge in [0.1, 0.15) is 19.3 Å². The van der Waals surface area contributed by atoms with Gasteiger partial charge >= 0.3 is 5.97 Å². The van der Waals surface area contributed by atoms with Crippen LogP contribution in [-0.2, 0) is 27.9 Å². The first-order valence-corrected chi connectivity index (χ1v) is 31.1. The molecule has 3 unspecified atom stereocenters. The number of ether oxygens (including phenoxy) is 1. The average molecular weight is 1020 g/mol. The number of phosphoric ester groups is 1. The molecule has 3 atom stereocenters. The molecule has 1 N–H and O–H groups in total. The summed E-state index contributed by atoms with van der Waals surface area (Å²) in [5.41, 5.74) is 0. The van der Waals surface area contributed by atoms with Gasteiger partial charge < -0.3 is 28.5 Å². The summed E-state index contributed by atoms with van der Waals surface area (Å²) in [4.78, 5) is 39.8. The van der Waals surface area contributed by atoms with Crippen LogP contribution in [0.3, 0.4) is 0 Å². The number of carbonyl (C=O) groups excluding carboxylic acids is 2. The highest BCUT2D eigenvalue weighted by Crippen LogP contribution is 2.38. The number of likely N-dealkylation sites (N-methyl/N-ethyl adjacent to an activating group) is 1. The summed E-state index contributed by atoms with van der Waals surface area (Å²) in [5, 5.41) is 3.02. The second-order valence-electron chi connectivity index (χ2n) is 21.1. The summed E-state index contributed by atoms with van der Waals surface area (Å²) in [7, 11) is 1.17. The van der Waals surface area contributed by atoms with Crippen LogP contribution in [0.4, 0.5) is 0 Å². The van der Waals surface area contributed by atoms with E-state index in [1.54, 1.807) is 0 Å². The quantitative estimate of drug-likeness (QED) is 0.0212. The highest BCUT2D eigenvalue weighted by atomic mass is 31.2. The fourth-order valence-corrected chi connectivity index (χ4v) is 9.00. The summed E-state index contributed by atoms with van der Waals surface area (Å²) in [5.74, 6) is -0.559. The van der Waals surface area contributed by atoms with E-state index in [-0.39, 0.29) is 24.9 Å². The molecule has 0 aliphatic heterocycles. The molecule has 0 heterocycles. The number of phosphoric acid groups is 1. The van der Waals surface area contributed by atoms with Gasteiger partial charge in [-0.1, -0.05) is 223 Å². The van der Waals surface area contributed by atoms with Crippen LogP contribution in [0.25, 0.3) is 0 Å². The largest absolute Gasteiger partial charge is 0.756 e. The molecular weight excluding hydrogens is 904 g/mol. The summed E-state index contributed by atoms with van der Waals surface area (Å²) in [6, 6.07) is -0.895. The number of esters is 1. The van der Waals surface area contributed by atoms with Gasteiger partial charge in [0.05, 0.1) is 33.8 Å². The number of rotatable bonds is 53. The van der Waals surface area contributed by atoms with E-state index < -0.39 is 26.6 Å². The molecule has 0 aromatic carbocycles. The van der Waals surface area contributed by atoms with Gasteiger partial charge in [-0.2, -0.15) is 0 Å². The molecular formula is C61H113N2O7P. The molecule has 0 rings (SSSR count). The third-order valence-electron chi connectivity index (χ3n) is 12.9. The van der Waals surface area contributed by atoms with Crippen molar-refractivity contribution in [3.05, 3.63) is 60.8 Å². The maximum Gasteiger partial charge on any atom is 0.306 e. The van der Waals surface area contributed by atoms with Crippen LogP contribution in [-0.4, -0.2) is 69.4 Å². The van der Waals surface area contributed by atoms with Crippen molar-refractivity contribution in [1.82, 2.24) is 5.32 Å². The van der Waals surface area contributed by atoms with Crippen LogP contribution < -0.4 is 10.2 Å². The number of hydrogen-bond donors (Lipinski definition) is 1. The van der Waals surface area contributed by atoms with Gasteiger partial charge in [-0.25, -0.2) is 0 Å². The molecule has 9 nitrogen and oxygen atoms in total. The Bertz CT molecular complexity index is 1400. The zero-order valence-corrected chi connectivity index (χ0v) is 48.1. The lowest BCUT2D eigenvalue weighted by Gasteiger charge is -2.30. The van der Waals surface area contributed by atoms with E-state index in [4.69, 9.17) is 13.8 Å². The van der Waals surface area contributed by atoms with Crippen molar-refractivity contribution >= 4 is 19.7 Å². The zero-order valence-electron chi connectivity index (χ0n) is 47.2. The van der Waals surface area contributed by atoms with E-state index in [9.17, 15) is 19.0 Å². The Hall–Kier alpha value is -2.29. The van der Waals surface area contributed by atoms with Crippen molar-refractivity contribution in [2.24, 2.45) is 0 Å². The Morgan fingerprint density at radius 1 is 0.493 bits per heavy atom. The van der Waals surface area contributed by atoms with Crippen molar-refractivity contribution < 1.29 is 37.3 Å². The molecule has 71 heavy (non-hydrogen) atoms. The standard InChI is InChI=1S/C61H113N2O7P/c1-7-10-13-16-19-22-25-27-28-29-30-31-32-33-34-36-39-41-44-47-50-53-60(64)62-58(57-69-71(66,67)68-56-55-63(4,5)6)59(52-49-46-43-40-38-35-26-23-20-17-14-11-8-2)70-61(65)54-51-48-45-42-37-24-21-18-15-12-9-3/h18-19,21-22,27-28,30-31,49,52,58-59H,7-17,20,23-26,29,32-48,50-51,53-57H2,1-6H3,(H-,62,64,66,67)/b21-18-,22-19-,28-27-,31-30-,52-49+. The predicted octanol–water partition coefficient (Wildman–Crippen LogP) is 17.3. The number of unbranched alkanes of at least 4 members (excludes halogenated alkanes) is 29. The van der Waals surface area contributed by atoms with Crippen LogP contribution in [0, 0.1) is 0 Å². The molecule has 0 aromatic heterocycles. The normalized spacial score (nSPS) is 14.2. The topological polar surface area (TPSA) is 114 Å². The van der Waals surface area contributed by atoms with Gasteiger partial charge in [-0.15, -0.1) is 0 Å². The lowest BCUT2D eigenvalue weighted by atomic mass is 10.0. The predicted molar refractivity (Wildman–Crippen MR) is 302 cm³/mol. The van der Waals surface area contributed by atoms with Gasteiger partial charge in [0.15, 0.2) is 0 Å². The first-order chi connectivity index (χ1) is 34.4. The molecule has 0 spiro atoms. The van der Waals surface area contributed by atoms with E-state index in [0.29, 0.717) is 17.4 Å². The fourth-order valence-electron chi connectivity index (χ4n) is 8.27. The second-order valence-corrected chi connectivity index (χ2v) is 22.6. The first-order valence-electron chi connectivity index (χ1n) is 29.6. The number of allylic oxidation sites excluding steroid dienone is 9. The SMILES string of the molecule is CCCC/C=C\CCCCCCCC(=O)OC(/C=C/CCCCCCCCCCCCC)C(COP(=O)([O-])OCC[N+](C)(C)C)NC(=O)CCCCCCCCCC/C=C\C/C=C\C/C=C\CCCCC. The van der Waals surface area contributed by atoms with Gasteiger partial charge in [0.2, 0.25) is 5.91 Å². The average Bonchev–Trinajstić information content (AvgIpc) is 3.33. The van der Waals surface area contributed by atoms with Crippen LogP contribution >= 0.6 is 7.82 Å². The Morgan fingerprint density at radius 2 is 0.873 bits per heavy atom. The monoisotopic (exact) mass is 1020 g/mol.